The lowest BCUT2D eigenvalue weighted by Crippen LogP contribution is -2.42. The maximum atomic E-state index is 14.0. The van der Waals surface area contributed by atoms with Crippen molar-refractivity contribution in [2.45, 2.75) is 25.9 Å². The van der Waals surface area contributed by atoms with Crippen molar-refractivity contribution >= 4 is 11.9 Å². The molecular formula is C15H13F2N3O3. The fourth-order valence-electron chi connectivity index (χ4n) is 2.63. The van der Waals surface area contributed by atoms with Crippen molar-refractivity contribution in [3.8, 4) is 0 Å². The number of aryl methyl sites for hydroxylation is 1. The minimum atomic E-state index is -1.82. The number of amides is 3. The number of carbonyl (C=O) groups is 2. The minimum Gasteiger partial charge on any atom is -0.359 e. The number of hydrogen-bond donors (Lipinski definition) is 1. The van der Waals surface area contributed by atoms with Crippen LogP contribution >= 0.6 is 0 Å². The first kappa shape index (κ1) is 15.1. The van der Waals surface area contributed by atoms with E-state index in [1.807, 2.05) is 0 Å². The predicted molar refractivity (Wildman–Crippen MR) is 74.0 cm³/mol. The van der Waals surface area contributed by atoms with Gasteiger partial charge in [-0.05, 0) is 26.0 Å². The number of carbonyl (C=O) groups excluding carboxylic acids is 2. The van der Waals surface area contributed by atoms with Gasteiger partial charge in [-0.1, -0.05) is 11.2 Å². The van der Waals surface area contributed by atoms with Crippen molar-refractivity contribution in [3.05, 3.63) is 52.9 Å². The SMILES string of the molecule is Cc1cc(CN2C(=O)N[C@](C)(c3c(F)cccc3F)C2=O)on1. The molecule has 3 rings (SSSR count). The van der Waals surface area contributed by atoms with Gasteiger partial charge in [0.05, 0.1) is 17.8 Å². The summed E-state index contributed by atoms with van der Waals surface area (Å²) in [5.74, 6) is -2.28. The number of urea groups is 1. The van der Waals surface area contributed by atoms with Crippen molar-refractivity contribution in [2.75, 3.05) is 0 Å². The summed E-state index contributed by atoms with van der Waals surface area (Å²) in [7, 11) is 0. The van der Waals surface area contributed by atoms with Gasteiger partial charge >= 0.3 is 6.03 Å². The van der Waals surface area contributed by atoms with Gasteiger partial charge in [-0.3, -0.25) is 9.69 Å². The summed E-state index contributed by atoms with van der Waals surface area (Å²) in [4.78, 5) is 25.5. The molecule has 1 atom stereocenters. The molecule has 1 N–H and O–H groups in total. The summed E-state index contributed by atoms with van der Waals surface area (Å²) in [5.41, 5.74) is -1.72. The molecule has 1 fully saturated rings. The molecule has 1 aromatic heterocycles. The molecule has 3 amide bonds. The maximum absolute atomic E-state index is 14.0. The average Bonchev–Trinajstić information content (AvgIpc) is 2.96. The van der Waals surface area contributed by atoms with Gasteiger partial charge in [-0.2, -0.15) is 0 Å². The highest BCUT2D eigenvalue weighted by Gasteiger charge is 2.51. The molecule has 1 aromatic carbocycles. The Kier molecular flexibility index (Phi) is 3.39. The highest BCUT2D eigenvalue weighted by atomic mass is 19.1. The molecule has 0 spiro atoms. The van der Waals surface area contributed by atoms with Crippen LogP contribution in [0.15, 0.2) is 28.8 Å². The first-order valence-corrected chi connectivity index (χ1v) is 6.83. The normalized spacial score (nSPS) is 21.0. The highest BCUT2D eigenvalue weighted by molar-refractivity contribution is 6.07. The zero-order chi connectivity index (χ0) is 16.8. The van der Waals surface area contributed by atoms with Crippen LogP contribution in [0.3, 0.4) is 0 Å². The van der Waals surface area contributed by atoms with E-state index in [4.69, 9.17) is 4.52 Å². The smallest absolute Gasteiger partial charge is 0.325 e. The Labute approximate surface area is 130 Å². The molecule has 1 aliphatic heterocycles. The van der Waals surface area contributed by atoms with Crippen molar-refractivity contribution in [2.24, 2.45) is 0 Å². The molecule has 2 heterocycles. The van der Waals surface area contributed by atoms with Gasteiger partial charge in [0.1, 0.15) is 17.2 Å². The maximum Gasteiger partial charge on any atom is 0.325 e. The van der Waals surface area contributed by atoms with Gasteiger partial charge in [0.2, 0.25) is 0 Å². The molecule has 0 saturated carbocycles. The molecule has 6 nitrogen and oxygen atoms in total. The fraction of sp³-hybridized carbons (Fsp3) is 0.267. The zero-order valence-electron chi connectivity index (χ0n) is 12.4. The van der Waals surface area contributed by atoms with E-state index in [1.54, 1.807) is 13.0 Å². The lowest BCUT2D eigenvalue weighted by Gasteiger charge is -2.23. The second-order valence-corrected chi connectivity index (χ2v) is 5.48. The Hall–Kier alpha value is -2.77. The first-order chi connectivity index (χ1) is 10.8. The highest BCUT2D eigenvalue weighted by Crippen LogP contribution is 2.33. The number of nitrogens with one attached hydrogen (secondary N) is 1. The van der Waals surface area contributed by atoms with Gasteiger partial charge in [-0.15, -0.1) is 0 Å². The van der Waals surface area contributed by atoms with Gasteiger partial charge in [0.25, 0.3) is 5.91 Å². The molecular weight excluding hydrogens is 308 g/mol. The fourth-order valence-corrected chi connectivity index (χ4v) is 2.63. The quantitative estimate of drug-likeness (QED) is 0.880. The van der Waals surface area contributed by atoms with E-state index in [2.05, 4.69) is 10.5 Å². The molecule has 0 aliphatic carbocycles. The Bertz CT molecular complexity index is 785. The Morgan fingerprint density at radius 2 is 1.96 bits per heavy atom. The van der Waals surface area contributed by atoms with Crippen LogP contribution in [0.5, 0.6) is 0 Å². The molecule has 0 unspecified atom stereocenters. The van der Waals surface area contributed by atoms with Crippen molar-refractivity contribution in [3.63, 3.8) is 0 Å². The second kappa shape index (κ2) is 5.15. The molecule has 2 aromatic rings. The van der Waals surface area contributed by atoms with Crippen LogP contribution < -0.4 is 5.32 Å². The van der Waals surface area contributed by atoms with Gasteiger partial charge in [-0.25, -0.2) is 13.6 Å². The van der Waals surface area contributed by atoms with Gasteiger partial charge < -0.3 is 9.84 Å². The third-order valence-electron chi connectivity index (χ3n) is 3.73. The molecule has 0 bridgehead atoms. The van der Waals surface area contributed by atoms with E-state index in [0.717, 1.165) is 17.0 Å². The van der Waals surface area contributed by atoms with E-state index in [1.165, 1.54) is 13.0 Å². The van der Waals surface area contributed by atoms with Crippen LogP contribution in [0.4, 0.5) is 13.6 Å². The van der Waals surface area contributed by atoms with E-state index in [-0.39, 0.29) is 6.54 Å². The Balaban J connectivity index is 1.97. The largest absolute Gasteiger partial charge is 0.359 e. The first-order valence-electron chi connectivity index (χ1n) is 6.83. The summed E-state index contributed by atoms with van der Waals surface area (Å²) >= 11 is 0. The number of aromatic nitrogens is 1. The molecule has 0 radical (unpaired) electrons. The second-order valence-electron chi connectivity index (χ2n) is 5.48. The van der Waals surface area contributed by atoms with Crippen LogP contribution in [0, 0.1) is 18.6 Å². The summed E-state index contributed by atoms with van der Waals surface area (Å²) in [6.07, 6.45) is 0. The number of nitrogens with zero attached hydrogens (tertiary/aromatic N) is 2. The van der Waals surface area contributed by atoms with Crippen LogP contribution in [0.25, 0.3) is 0 Å². The average molecular weight is 321 g/mol. The number of halogens is 2. The molecule has 120 valence electrons. The van der Waals surface area contributed by atoms with Crippen molar-refractivity contribution in [1.29, 1.82) is 0 Å². The van der Waals surface area contributed by atoms with E-state index >= 15 is 0 Å². The van der Waals surface area contributed by atoms with E-state index < -0.39 is 34.7 Å². The number of benzene rings is 1. The number of imide groups is 1. The number of hydrogen-bond acceptors (Lipinski definition) is 4. The third kappa shape index (κ3) is 2.36. The van der Waals surface area contributed by atoms with Gasteiger partial charge in [0.15, 0.2) is 5.76 Å². The molecule has 23 heavy (non-hydrogen) atoms. The van der Waals surface area contributed by atoms with E-state index in [9.17, 15) is 18.4 Å². The van der Waals surface area contributed by atoms with E-state index in [0.29, 0.717) is 11.5 Å². The summed E-state index contributed by atoms with van der Waals surface area (Å²) in [5, 5.41) is 6.02. The van der Waals surface area contributed by atoms with Gasteiger partial charge in [0, 0.05) is 6.07 Å². The topological polar surface area (TPSA) is 75.4 Å². The molecule has 1 saturated heterocycles. The Morgan fingerprint density at radius 3 is 2.52 bits per heavy atom. The molecule has 1 aliphatic rings. The lowest BCUT2D eigenvalue weighted by atomic mass is 9.91. The summed E-state index contributed by atoms with van der Waals surface area (Å²) in [6.45, 7) is 2.79. The van der Waals surface area contributed by atoms with Crippen LogP contribution in [-0.4, -0.2) is 22.0 Å². The summed E-state index contributed by atoms with van der Waals surface area (Å²) < 4.78 is 33.0. The molecule has 8 heteroatoms. The third-order valence-corrected chi connectivity index (χ3v) is 3.73. The lowest BCUT2D eigenvalue weighted by molar-refractivity contribution is -0.131. The van der Waals surface area contributed by atoms with Crippen LogP contribution in [-0.2, 0) is 16.9 Å². The standard InChI is InChI=1S/C15H13F2N3O3/c1-8-6-9(23-19-8)7-20-13(21)15(2,18-14(20)22)12-10(16)4-3-5-11(12)17/h3-6H,7H2,1-2H3,(H,18,22)/t15-/m1/s1. The Morgan fingerprint density at radius 1 is 1.30 bits per heavy atom. The zero-order valence-corrected chi connectivity index (χ0v) is 12.4. The minimum absolute atomic E-state index is 0.169. The summed E-state index contributed by atoms with van der Waals surface area (Å²) in [6, 6.07) is 4.07. The van der Waals surface area contributed by atoms with Crippen molar-refractivity contribution in [1.82, 2.24) is 15.4 Å². The predicted octanol–water partition coefficient (Wildman–Crippen LogP) is 2.23. The van der Waals surface area contributed by atoms with Crippen LogP contribution in [0.1, 0.15) is 23.9 Å². The monoisotopic (exact) mass is 321 g/mol. The van der Waals surface area contributed by atoms with Crippen LogP contribution in [0.2, 0.25) is 0 Å². The number of rotatable bonds is 3. The van der Waals surface area contributed by atoms with Crippen molar-refractivity contribution < 1.29 is 22.9 Å².